The van der Waals surface area contributed by atoms with Crippen LogP contribution in [0.5, 0.6) is 11.5 Å². The topological polar surface area (TPSA) is 84.9 Å². The number of hydrogen-bond acceptors (Lipinski definition) is 5. The van der Waals surface area contributed by atoms with E-state index in [1.807, 2.05) is 25.1 Å². The Bertz CT molecular complexity index is 932. The van der Waals surface area contributed by atoms with Gasteiger partial charge in [-0.05, 0) is 42.7 Å². The highest BCUT2D eigenvalue weighted by Gasteiger charge is 2.20. The standard InChI is InChI=1S/C22H30N2O5S/c1-5-19(17-13-14-20(28-3)21(16-17)29-4)23-22(25)12-9-15-24(2)30(26,27)18-10-7-6-8-11-18/h6-8,10-11,13-14,16,19H,5,9,12,15H2,1-4H3,(H,23,25). The van der Waals surface area contributed by atoms with Gasteiger partial charge in [0.25, 0.3) is 0 Å². The molecule has 0 aliphatic carbocycles. The van der Waals surface area contributed by atoms with E-state index in [4.69, 9.17) is 9.47 Å². The Morgan fingerprint density at radius 3 is 2.33 bits per heavy atom. The van der Waals surface area contributed by atoms with E-state index < -0.39 is 10.0 Å². The number of benzene rings is 2. The molecule has 0 saturated carbocycles. The summed E-state index contributed by atoms with van der Waals surface area (Å²) >= 11 is 0. The van der Waals surface area contributed by atoms with Gasteiger partial charge in [0.1, 0.15) is 0 Å². The summed E-state index contributed by atoms with van der Waals surface area (Å²) in [5.41, 5.74) is 0.923. The van der Waals surface area contributed by atoms with Gasteiger partial charge in [0.2, 0.25) is 15.9 Å². The lowest BCUT2D eigenvalue weighted by Crippen LogP contribution is -2.31. The van der Waals surface area contributed by atoms with Gasteiger partial charge in [-0.25, -0.2) is 12.7 Å². The maximum Gasteiger partial charge on any atom is 0.242 e. The van der Waals surface area contributed by atoms with Crippen molar-refractivity contribution < 1.29 is 22.7 Å². The molecule has 0 fully saturated rings. The fourth-order valence-corrected chi connectivity index (χ4v) is 4.34. The molecule has 7 nitrogen and oxygen atoms in total. The molecular weight excluding hydrogens is 404 g/mol. The molecule has 0 heterocycles. The van der Waals surface area contributed by atoms with Crippen LogP contribution in [0.4, 0.5) is 0 Å². The summed E-state index contributed by atoms with van der Waals surface area (Å²) in [7, 11) is 1.13. The number of rotatable bonds is 11. The van der Waals surface area contributed by atoms with Crippen LogP contribution in [0, 0.1) is 0 Å². The third-order valence-corrected chi connectivity index (χ3v) is 6.75. The van der Waals surface area contributed by atoms with E-state index in [1.54, 1.807) is 44.6 Å². The van der Waals surface area contributed by atoms with Crippen LogP contribution in [0.3, 0.4) is 0 Å². The van der Waals surface area contributed by atoms with Crippen molar-refractivity contribution in [2.75, 3.05) is 27.8 Å². The highest BCUT2D eigenvalue weighted by atomic mass is 32.2. The smallest absolute Gasteiger partial charge is 0.242 e. The first-order chi connectivity index (χ1) is 14.3. The number of carbonyl (C=O) groups excluding carboxylic acids is 1. The van der Waals surface area contributed by atoms with Crippen LogP contribution in [0.1, 0.15) is 37.8 Å². The normalized spacial score (nSPS) is 12.4. The minimum atomic E-state index is -3.55. The van der Waals surface area contributed by atoms with Gasteiger partial charge < -0.3 is 14.8 Å². The molecule has 1 atom stereocenters. The second kappa shape index (κ2) is 11.0. The van der Waals surface area contributed by atoms with Crippen molar-refractivity contribution >= 4 is 15.9 Å². The third kappa shape index (κ3) is 5.96. The van der Waals surface area contributed by atoms with E-state index in [9.17, 15) is 13.2 Å². The maximum absolute atomic E-state index is 12.5. The van der Waals surface area contributed by atoms with Crippen molar-refractivity contribution in [1.82, 2.24) is 9.62 Å². The summed E-state index contributed by atoms with van der Waals surface area (Å²) in [5.74, 6) is 1.11. The monoisotopic (exact) mass is 434 g/mol. The second-order valence-corrected chi connectivity index (χ2v) is 8.93. The number of methoxy groups -OCH3 is 2. The number of amides is 1. The minimum Gasteiger partial charge on any atom is -0.493 e. The first-order valence-corrected chi connectivity index (χ1v) is 11.3. The zero-order valence-corrected chi connectivity index (χ0v) is 18.7. The molecule has 0 aromatic heterocycles. The number of carbonyl (C=O) groups is 1. The fourth-order valence-electron chi connectivity index (χ4n) is 3.11. The van der Waals surface area contributed by atoms with E-state index in [2.05, 4.69) is 5.32 Å². The van der Waals surface area contributed by atoms with Crippen molar-refractivity contribution in [3.8, 4) is 11.5 Å². The molecule has 2 aromatic rings. The van der Waals surface area contributed by atoms with Crippen LogP contribution in [-0.2, 0) is 14.8 Å². The molecule has 0 radical (unpaired) electrons. The Morgan fingerprint density at radius 1 is 1.07 bits per heavy atom. The average Bonchev–Trinajstić information content (AvgIpc) is 2.77. The Morgan fingerprint density at radius 2 is 1.73 bits per heavy atom. The van der Waals surface area contributed by atoms with Crippen LogP contribution in [-0.4, -0.2) is 46.4 Å². The summed E-state index contributed by atoms with van der Waals surface area (Å²) in [6, 6.07) is 13.7. The van der Waals surface area contributed by atoms with Crippen LogP contribution < -0.4 is 14.8 Å². The van der Waals surface area contributed by atoms with E-state index >= 15 is 0 Å². The Balaban J connectivity index is 1.92. The van der Waals surface area contributed by atoms with Gasteiger partial charge in [0.15, 0.2) is 11.5 Å². The van der Waals surface area contributed by atoms with Crippen molar-refractivity contribution in [1.29, 1.82) is 0 Å². The summed E-state index contributed by atoms with van der Waals surface area (Å²) in [4.78, 5) is 12.7. The molecule has 1 N–H and O–H groups in total. The van der Waals surface area contributed by atoms with Gasteiger partial charge in [-0.1, -0.05) is 31.2 Å². The van der Waals surface area contributed by atoms with Crippen LogP contribution in [0.2, 0.25) is 0 Å². The lowest BCUT2D eigenvalue weighted by Gasteiger charge is -2.20. The predicted octanol–water partition coefficient (Wildman–Crippen LogP) is 3.37. The Kier molecular flexibility index (Phi) is 8.68. The number of nitrogens with one attached hydrogen (secondary N) is 1. The van der Waals surface area contributed by atoms with E-state index in [0.717, 1.165) is 5.56 Å². The van der Waals surface area contributed by atoms with Crippen molar-refractivity contribution in [2.45, 2.75) is 37.1 Å². The van der Waals surface area contributed by atoms with Gasteiger partial charge in [-0.15, -0.1) is 0 Å². The number of nitrogens with zero attached hydrogens (tertiary/aromatic N) is 1. The lowest BCUT2D eigenvalue weighted by molar-refractivity contribution is -0.122. The molecule has 2 rings (SSSR count). The average molecular weight is 435 g/mol. The van der Waals surface area contributed by atoms with Gasteiger partial charge in [-0.2, -0.15) is 0 Å². The largest absolute Gasteiger partial charge is 0.493 e. The number of hydrogen-bond donors (Lipinski definition) is 1. The van der Waals surface area contributed by atoms with Crippen molar-refractivity contribution in [3.63, 3.8) is 0 Å². The highest BCUT2D eigenvalue weighted by Crippen LogP contribution is 2.30. The summed E-state index contributed by atoms with van der Waals surface area (Å²) < 4.78 is 36.9. The number of ether oxygens (including phenoxy) is 2. The first kappa shape index (κ1) is 23.7. The molecule has 0 bridgehead atoms. The van der Waals surface area contributed by atoms with Crippen LogP contribution >= 0.6 is 0 Å². The predicted molar refractivity (Wildman–Crippen MR) is 116 cm³/mol. The molecule has 1 amide bonds. The molecule has 0 aliphatic heterocycles. The minimum absolute atomic E-state index is 0.123. The van der Waals surface area contributed by atoms with E-state index in [0.29, 0.717) is 24.3 Å². The lowest BCUT2D eigenvalue weighted by atomic mass is 10.0. The van der Waals surface area contributed by atoms with Crippen LogP contribution in [0.25, 0.3) is 0 Å². The Labute approximate surface area is 179 Å². The maximum atomic E-state index is 12.5. The molecule has 1 unspecified atom stereocenters. The van der Waals surface area contributed by atoms with Gasteiger partial charge >= 0.3 is 0 Å². The van der Waals surface area contributed by atoms with Crippen molar-refractivity contribution in [3.05, 3.63) is 54.1 Å². The molecule has 8 heteroatoms. The molecule has 164 valence electrons. The number of sulfonamides is 1. The molecular formula is C22H30N2O5S. The summed E-state index contributed by atoms with van der Waals surface area (Å²) in [5, 5.41) is 3.01. The zero-order valence-electron chi connectivity index (χ0n) is 17.9. The SMILES string of the molecule is CCC(NC(=O)CCCN(C)S(=O)(=O)c1ccccc1)c1ccc(OC)c(OC)c1. The van der Waals surface area contributed by atoms with Gasteiger partial charge in [-0.3, -0.25) is 4.79 Å². The molecule has 0 spiro atoms. The highest BCUT2D eigenvalue weighted by molar-refractivity contribution is 7.89. The van der Waals surface area contributed by atoms with Crippen molar-refractivity contribution in [2.24, 2.45) is 0 Å². The summed E-state index contributed by atoms with van der Waals surface area (Å²) in [6.45, 7) is 2.25. The van der Waals surface area contributed by atoms with Gasteiger partial charge in [0.05, 0.1) is 25.2 Å². The molecule has 2 aromatic carbocycles. The van der Waals surface area contributed by atoms with Crippen LogP contribution in [0.15, 0.2) is 53.4 Å². The summed E-state index contributed by atoms with van der Waals surface area (Å²) in [6.07, 6.45) is 1.37. The van der Waals surface area contributed by atoms with E-state index in [-0.39, 0.29) is 29.8 Å². The molecule has 30 heavy (non-hydrogen) atoms. The molecule has 0 saturated heterocycles. The zero-order chi connectivity index (χ0) is 22.1. The van der Waals surface area contributed by atoms with Gasteiger partial charge in [0, 0.05) is 20.0 Å². The molecule has 0 aliphatic rings. The third-order valence-electron chi connectivity index (χ3n) is 4.88. The fraction of sp³-hybridized carbons (Fsp3) is 0.409. The first-order valence-electron chi connectivity index (χ1n) is 9.86. The Hall–Kier alpha value is -2.58. The van der Waals surface area contributed by atoms with E-state index in [1.165, 1.54) is 11.4 Å². The quantitative estimate of drug-likeness (QED) is 0.586. The second-order valence-electron chi connectivity index (χ2n) is 6.89.